The van der Waals surface area contributed by atoms with E-state index in [0.717, 1.165) is 17.3 Å². The summed E-state index contributed by atoms with van der Waals surface area (Å²) in [5, 5.41) is 9.45. The Hall–Kier alpha value is -3.58. The quantitative estimate of drug-likeness (QED) is 0.436. The Morgan fingerprint density at radius 2 is 1.81 bits per heavy atom. The van der Waals surface area contributed by atoms with Crippen molar-refractivity contribution < 1.29 is 19.1 Å². The van der Waals surface area contributed by atoms with E-state index in [9.17, 15) is 19.1 Å². The van der Waals surface area contributed by atoms with E-state index in [4.69, 9.17) is 11.6 Å². The van der Waals surface area contributed by atoms with Crippen LogP contribution in [-0.4, -0.2) is 33.9 Å². The van der Waals surface area contributed by atoms with Gasteiger partial charge in [-0.05, 0) is 42.3 Å². The maximum absolute atomic E-state index is 13.9. The highest BCUT2D eigenvalue weighted by Gasteiger charge is 2.24. The van der Waals surface area contributed by atoms with Crippen LogP contribution in [0.2, 0.25) is 5.02 Å². The van der Waals surface area contributed by atoms with E-state index in [2.05, 4.69) is 9.97 Å². The number of carbonyl (C=O) groups is 2. The van der Waals surface area contributed by atoms with Gasteiger partial charge in [-0.25, -0.2) is 14.4 Å². The van der Waals surface area contributed by atoms with Crippen LogP contribution < -0.4 is 4.90 Å². The number of nitrogens with zero attached hydrogens (tertiary/aromatic N) is 3. The van der Waals surface area contributed by atoms with Crippen molar-refractivity contribution in [1.29, 1.82) is 0 Å². The number of halogens is 2. The maximum atomic E-state index is 13.9. The maximum Gasteiger partial charge on any atom is 0.307 e. The number of aromatic nitrogens is 2. The van der Waals surface area contributed by atoms with Crippen LogP contribution in [0, 0.1) is 11.7 Å². The lowest BCUT2D eigenvalue weighted by molar-refractivity contribution is -0.141. The molecule has 0 aliphatic heterocycles. The molecular formula is C24H21ClFN3O3. The Balaban J connectivity index is 1.64. The number of aliphatic carboxylic acids is 1. The molecule has 0 fully saturated rings. The van der Waals surface area contributed by atoms with E-state index >= 15 is 0 Å². The summed E-state index contributed by atoms with van der Waals surface area (Å²) < 4.78 is 13.9. The van der Waals surface area contributed by atoms with Crippen LogP contribution in [0.25, 0.3) is 6.08 Å². The lowest BCUT2D eigenvalue weighted by Gasteiger charge is -2.16. The zero-order valence-electron chi connectivity index (χ0n) is 17.3. The van der Waals surface area contributed by atoms with E-state index < -0.39 is 23.5 Å². The van der Waals surface area contributed by atoms with Gasteiger partial charge in [0, 0.05) is 31.5 Å². The van der Waals surface area contributed by atoms with Crippen molar-refractivity contribution in [3.8, 4) is 0 Å². The van der Waals surface area contributed by atoms with E-state index in [-0.39, 0.29) is 23.4 Å². The molecule has 0 amide bonds. The molecule has 8 heteroatoms. The van der Waals surface area contributed by atoms with E-state index in [1.54, 1.807) is 30.6 Å². The van der Waals surface area contributed by atoms with Gasteiger partial charge in [0.05, 0.1) is 16.5 Å². The van der Waals surface area contributed by atoms with Crippen LogP contribution >= 0.6 is 11.6 Å². The minimum atomic E-state index is -1.13. The summed E-state index contributed by atoms with van der Waals surface area (Å²) in [5.41, 5.74) is 1.49. The summed E-state index contributed by atoms with van der Waals surface area (Å²) in [5.74, 6) is -2.94. The molecule has 1 N–H and O–H groups in total. The minimum absolute atomic E-state index is 0.0272. The highest BCUT2D eigenvalue weighted by Crippen LogP contribution is 2.24. The molecule has 164 valence electrons. The van der Waals surface area contributed by atoms with Gasteiger partial charge in [-0.1, -0.05) is 42.0 Å². The summed E-state index contributed by atoms with van der Waals surface area (Å²) in [6, 6.07) is 13.2. The number of carboxylic acids is 1. The number of benzene rings is 2. The van der Waals surface area contributed by atoms with Crippen molar-refractivity contribution in [3.63, 3.8) is 0 Å². The van der Waals surface area contributed by atoms with Gasteiger partial charge in [-0.2, -0.15) is 0 Å². The largest absolute Gasteiger partial charge is 0.481 e. The normalized spacial score (nSPS) is 12.0. The average molecular weight is 454 g/mol. The van der Waals surface area contributed by atoms with Gasteiger partial charge in [0.25, 0.3) is 0 Å². The van der Waals surface area contributed by atoms with Crippen LogP contribution in [-0.2, 0) is 4.79 Å². The number of carboxylic acid groups (broad SMARTS) is 1. The fourth-order valence-electron chi connectivity index (χ4n) is 3.12. The molecule has 32 heavy (non-hydrogen) atoms. The number of allylic oxidation sites excluding steroid dienone is 1. The molecule has 0 aliphatic carbocycles. The first kappa shape index (κ1) is 23.1. The predicted molar refractivity (Wildman–Crippen MR) is 122 cm³/mol. The molecule has 6 nitrogen and oxygen atoms in total. The first-order valence-corrected chi connectivity index (χ1v) is 10.2. The van der Waals surface area contributed by atoms with Crippen LogP contribution in [0.1, 0.15) is 28.8 Å². The van der Waals surface area contributed by atoms with Crippen LogP contribution in [0.3, 0.4) is 0 Å². The van der Waals surface area contributed by atoms with Crippen molar-refractivity contribution in [2.75, 3.05) is 11.9 Å². The monoisotopic (exact) mass is 453 g/mol. The molecule has 0 bridgehead atoms. The first-order chi connectivity index (χ1) is 15.4. The molecule has 1 heterocycles. The number of rotatable bonds is 9. The fraction of sp³-hybridized carbons (Fsp3) is 0.167. The second-order valence-electron chi connectivity index (χ2n) is 7.10. The molecule has 3 aromatic rings. The van der Waals surface area contributed by atoms with Gasteiger partial charge in [-0.15, -0.1) is 0 Å². The molecule has 0 spiro atoms. The van der Waals surface area contributed by atoms with E-state index in [0.29, 0.717) is 5.95 Å². The van der Waals surface area contributed by atoms with Gasteiger partial charge in [0.15, 0.2) is 5.78 Å². The number of hydrogen-bond acceptors (Lipinski definition) is 5. The van der Waals surface area contributed by atoms with Gasteiger partial charge in [0.2, 0.25) is 5.95 Å². The number of anilines is 2. The smallest absolute Gasteiger partial charge is 0.307 e. The Bertz CT molecular complexity index is 1100. The molecule has 3 rings (SSSR count). The van der Waals surface area contributed by atoms with Gasteiger partial charge < -0.3 is 10.0 Å². The van der Waals surface area contributed by atoms with Gasteiger partial charge >= 0.3 is 5.97 Å². The minimum Gasteiger partial charge on any atom is -0.481 e. The third-order valence-corrected chi connectivity index (χ3v) is 5.20. The standard InChI is InChI=1S/C24H21ClFN3O3/c1-29(24-27-13-4-14-28-24)18-11-9-16(10-12-18)5-2-6-17(23(31)32)15-21(30)22-19(25)7-3-8-20(22)26/h2-5,7-14,17H,6,15H2,1H3,(H,31,32)/b5-2+. The van der Waals surface area contributed by atoms with Crippen molar-refractivity contribution in [3.05, 3.63) is 89.0 Å². The zero-order valence-corrected chi connectivity index (χ0v) is 18.0. The molecule has 0 saturated heterocycles. The van der Waals surface area contributed by atoms with Crippen molar-refractivity contribution in [2.24, 2.45) is 5.92 Å². The van der Waals surface area contributed by atoms with Crippen LogP contribution in [0.4, 0.5) is 16.0 Å². The summed E-state index contributed by atoms with van der Waals surface area (Å²) in [7, 11) is 1.86. The Labute approximate surface area is 190 Å². The van der Waals surface area contributed by atoms with Crippen molar-refractivity contribution in [1.82, 2.24) is 9.97 Å². The lowest BCUT2D eigenvalue weighted by Crippen LogP contribution is -2.18. The zero-order chi connectivity index (χ0) is 23.1. The molecular weight excluding hydrogens is 433 g/mol. The van der Waals surface area contributed by atoms with Crippen molar-refractivity contribution >= 4 is 41.1 Å². The number of carbonyl (C=O) groups excluding carboxylic acids is 1. The van der Waals surface area contributed by atoms with Gasteiger partial charge in [-0.3, -0.25) is 9.59 Å². The first-order valence-electron chi connectivity index (χ1n) is 9.84. The second-order valence-corrected chi connectivity index (χ2v) is 7.50. The summed E-state index contributed by atoms with van der Waals surface area (Å²) in [4.78, 5) is 34.3. The number of hydrogen-bond donors (Lipinski definition) is 1. The summed E-state index contributed by atoms with van der Waals surface area (Å²) in [6.07, 6.45) is 6.57. The fourth-order valence-corrected chi connectivity index (χ4v) is 3.39. The Morgan fingerprint density at radius 3 is 2.44 bits per heavy atom. The summed E-state index contributed by atoms with van der Waals surface area (Å²) >= 11 is 5.91. The highest BCUT2D eigenvalue weighted by molar-refractivity contribution is 6.34. The predicted octanol–water partition coefficient (Wildman–Crippen LogP) is 5.41. The highest BCUT2D eigenvalue weighted by atomic mass is 35.5. The Kier molecular flexibility index (Phi) is 7.68. The Morgan fingerprint density at radius 1 is 1.12 bits per heavy atom. The topological polar surface area (TPSA) is 83.4 Å². The third-order valence-electron chi connectivity index (χ3n) is 4.89. The number of Topliss-reactive ketones (excluding diaryl/α,β-unsaturated/α-hetero) is 1. The third kappa shape index (κ3) is 5.76. The molecule has 0 saturated carbocycles. The van der Waals surface area contributed by atoms with E-state index in [1.165, 1.54) is 12.1 Å². The SMILES string of the molecule is CN(c1ccc(/C=C/CC(CC(=O)c2c(F)cccc2Cl)C(=O)O)cc1)c1ncccn1. The summed E-state index contributed by atoms with van der Waals surface area (Å²) in [6.45, 7) is 0. The van der Waals surface area contributed by atoms with Crippen LogP contribution in [0.15, 0.2) is 67.0 Å². The van der Waals surface area contributed by atoms with E-state index in [1.807, 2.05) is 36.2 Å². The van der Waals surface area contributed by atoms with Crippen LogP contribution in [0.5, 0.6) is 0 Å². The number of ketones is 1. The molecule has 0 aliphatic rings. The molecule has 0 radical (unpaired) electrons. The molecule has 1 aromatic heterocycles. The average Bonchev–Trinajstić information content (AvgIpc) is 2.78. The molecule has 1 atom stereocenters. The lowest BCUT2D eigenvalue weighted by atomic mass is 9.94. The van der Waals surface area contributed by atoms with Gasteiger partial charge in [0.1, 0.15) is 5.82 Å². The molecule has 2 aromatic carbocycles. The molecule has 1 unspecified atom stereocenters. The second kappa shape index (κ2) is 10.6. The van der Waals surface area contributed by atoms with Crippen molar-refractivity contribution in [2.45, 2.75) is 12.8 Å².